The molecule has 0 spiro atoms. The Bertz CT molecular complexity index is 365. The molecule has 100 valence electrons. The molecule has 1 unspecified atom stereocenters. The van der Waals surface area contributed by atoms with Crippen molar-refractivity contribution in [1.82, 2.24) is 5.32 Å². The molecule has 0 aliphatic carbocycles. The number of benzene rings is 1. The highest BCUT2D eigenvalue weighted by Gasteiger charge is 2.02. The van der Waals surface area contributed by atoms with E-state index in [0.29, 0.717) is 12.5 Å². The first-order valence-corrected chi connectivity index (χ1v) is 7.30. The van der Waals surface area contributed by atoms with Gasteiger partial charge in [-0.25, -0.2) is 0 Å². The summed E-state index contributed by atoms with van der Waals surface area (Å²) in [4.78, 5) is 11.9. The van der Waals surface area contributed by atoms with Crippen LogP contribution in [0.1, 0.15) is 37.8 Å². The maximum absolute atomic E-state index is 10.6. The topological polar surface area (TPSA) is 55.1 Å². The highest BCUT2D eigenvalue weighted by molar-refractivity contribution is 7.99. The molecule has 0 aliphatic rings. The summed E-state index contributed by atoms with van der Waals surface area (Å²) in [7, 11) is 1.96. The number of hydrogen-bond acceptors (Lipinski definition) is 3. The minimum atomic E-state index is -0.203. The number of unbranched alkanes of at least 4 members (excludes halogenated alkanes) is 1. The van der Waals surface area contributed by atoms with E-state index in [-0.39, 0.29) is 5.91 Å². The molecule has 3 N–H and O–H groups in total. The highest BCUT2D eigenvalue weighted by Crippen LogP contribution is 2.22. The van der Waals surface area contributed by atoms with Crippen LogP contribution in [0.3, 0.4) is 0 Å². The third-order valence-electron chi connectivity index (χ3n) is 2.90. The Morgan fingerprint density at radius 1 is 1.33 bits per heavy atom. The van der Waals surface area contributed by atoms with Gasteiger partial charge in [-0.1, -0.05) is 12.1 Å². The van der Waals surface area contributed by atoms with E-state index in [2.05, 4.69) is 36.5 Å². The summed E-state index contributed by atoms with van der Waals surface area (Å²) >= 11 is 1.83. The molecule has 1 atom stereocenters. The minimum absolute atomic E-state index is 0.203. The standard InChI is InChI=1S/C14H22N2OS/c1-11(16-2)12-6-8-13(9-7-12)18-10-4-3-5-14(15)17/h6-9,11,16H,3-5,10H2,1-2H3,(H2,15,17). The number of nitrogens with one attached hydrogen (secondary N) is 1. The molecular formula is C14H22N2OS. The van der Waals surface area contributed by atoms with Gasteiger partial charge in [0.2, 0.25) is 5.91 Å². The first-order valence-electron chi connectivity index (χ1n) is 6.32. The van der Waals surface area contributed by atoms with E-state index < -0.39 is 0 Å². The Balaban J connectivity index is 2.29. The van der Waals surface area contributed by atoms with Crippen molar-refractivity contribution in [2.75, 3.05) is 12.8 Å². The first-order chi connectivity index (χ1) is 8.63. The molecule has 3 nitrogen and oxygen atoms in total. The van der Waals surface area contributed by atoms with Crippen LogP contribution in [-0.4, -0.2) is 18.7 Å². The minimum Gasteiger partial charge on any atom is -0.370 e. The average molecular weight is 266 g/mol. The van der Waals surface area contributed by atoms with Crippen molar-refractivity contribution in [2.45, 2.75) is 37.1 Å². The molecule has 0 saturated carbocycles. The molecule has 1 aromatic carbocycles. The number of primary amides is 1. The molecule has 1 amide bonds. The number of rotatable bonds is 8. The van der Waals surface area contributed by atoms with Crippen LogP contribution in [0.4, 0.5) is 0 Å². The van der Waals surface area contributed by atoms with E-state index in [9.17, 15) is 4.79 Å². The van der Waals surface area contributed by atoms with Gasteiger partial charge in [0.15, 0.2) is 0 Å². The van der Waals surface area contributed by atoms with Gasteiger partial charge in [-0.2, -0.15) is 0 Å². The quantitative estimate of drug-likeness (QED) is 0.562. The smallest absolute Gasteiger partial charge is 0.217 e. The number of hydrogen-bond donors (Lipinski definition) is 2. The molecule has 18 heavy (non-hydrogen) atoms. The summed E-state index contributed by atoms with van der Waals surface area (Å²) in [6, 6.07) is 9.02. The summed E-state index contributed by atoms with van der Waals surface area (Å²) in [5, 5.41) is 3.22. The zero-order valence-corrected chi connectivity index (χ0v) is 11.9. The van der Waals surface area contributed by atoms with Crippen molar-refractivity contribution in [2.24, 2.45) is 5.73 Å². The van der Waals surface area contributed by atoms with Crippen LogP contribution in [0.5, 0.6) is 0 Å². The fourth-order valence-corrected chi connectivity index (χ4v) is 2.52. The van der Waals surface area contributed by atoms with Crippen LogP contribution in [0.15, 0.2) is 29.2 Å². The Morgan fingerprint density at radius 3 is 2.56 bits per heavy atom. The third kappa shape index (κ3) is 5.56. The number of carbonyl (C=O) groups excluding carboxylic acids is 1. The largest absolute Gasteiger partial charge is 0.370 e. The van der Waals surface area contributed by atoms with Crippen LogP contribution >= 0.6 is 11.8 Å². The molecule has 0 aliphatic heterocycles. The molecule has 0 heterocycles. The second-order valence-electron chi connectivity index (χ2n) is 4.35. The first kappa shape index (κ1) is 15.1. The molecule has 0 saturated heterocycles. The lowest BCUT2D eigenvalue weighted by Crippen LogP contribution is -2.11. The average Bonchev–Trinajstić information content (AvgIpc) is 2.38. The van der Waals surface area contributed by atoms with Crippen molar-refractivity contribution in [3.63, 3.8) is 0 Å². The zero-order chi connectivity index (χ0) is 13.4. The molecule has 0 aromatic heterocycles. The van der Waals surface area contributed by atoms with Gasteiger partial charge in [0.25, 0.3) is 0 Å². The molecule has 1 aromatic rings. The monoisotopic (exact) mass is 266 g/mol. The summed E-state index contributed by atoms with van der Waals surface area (Å²) < 4.78 is 0. The number of thioether (sulfide) groups is 1. The van der Waals surface area contributed by atoms with Gasteiger partial charge in [-0.15, -0.1) is 11.8 Å². The lowest BCUT2D eigenvalue weighted by atomic mass is 10.1. The summed E-state index contributed by atoms with van der Waals surface area (Å²) in [5.74, 6) is 0.833. The van der Waals surface area contributed by atoms with Crippen molar-refractivity contribution in [3.8, 4) is 0 Å². The summed E-state index contributed by atoms with van der Waals surface area (Å²) in [5.41, 5.74) is 6.39. The lowest BCUT2D eigenvalue weighted by Gasteiger charge is -2.10. The maximum Gasteiger partial charge on any atom is 0.217 e. The predicted octanol–water partition coefficient (Wildman–Crippen LogP) is 2.71. The summed E-state index contributed by atoms with van der Waals surface area (Å²) in [6.45, 7) is 2.14. The zero-order valence-electron chi connectivity index (χ0n) is 11.1. The van der Waals surface area contributed by atoms with E-state index in [4.69, 9.17) is 5.73 Å². The molecule has 0 fully saturated rings. The van der Waals surface area contributed by atoms with Gasteiger partial charge in [0.05, 0.1) is 0 Å². The Labute approximate surface area is 114 Å². The van der Waals surface area contributed by atoms with Crippen LogP contribution in [0.25, 0.3) is 0 Å². The van der Waals surface area contributed by atoms with Gasteiger partial charge < -0.3 is 11.1 Å². The number of carbonyl (C=O) groups is 1. The Hall–Kier alpha value is -1.00. The summed E-state index contributed by atoms with van der Waals surface area (Å²) in [6.07, 6.45) is 2.42. The molecule has 4 heteroatoms. The maximum atomic E-state index is 10.6. The van der Waals surface area contributed by atoms with Crippen molar-refractivity contribution >= 4 is 17.7 Å². The molecular weight excluding hydrogens is 244 g/mol. The van der Waals surface area contributed by atoms with Gasteiger partial charge in [0.1, 0.15) is 0 Å². The van der Waals surface area contributed by atoms with E-state index in [1.54, 1.807) is 0 Å². The number of nitrogens with two attached hydrogens (primary N) is 1. The molecule has 0 bridgehead atoms. The van der Waals surface area contributed by atoms with Crippen LogP contribution in [0.2, 0.25) is 0 Å². The lowest BCUT2D eigenvalue weighted by molar-refractivity contribution is -0.118. The molecule has 1 rings (SSSR count). The van der Waals surface area contributed by atoms with E-state index >= 15 is 0 Å². The fraction of sp³-hybridized carbons (Fsp3) is 0.500. The predicted molar refractivity (Wildman–Crippen MR) is 77.7 cm³/mol. The fourth-order valence-electron chi connectivity index (χ4n) is 1.61. The van der Waals surface area contributed by atoms with E-state index in [1.807, 2.05) is 18.8 Å². The number of amides is 1. The van der Waals surface area contributed by atoms with E-state index in [0.717, 1.165) is 18.6 Å². The normalized spacial score (nSPS) is 12.3. The van der Waals surface area contributed by atoms with E-state index in [1.165, 1.54) is 10.5 Å². The van der Waals surface area contributed by atoms with Crippen molar-refractivity contribution < 1.29 is 4.79 Å². The Morgan fingerprint density at radius 2 is 2.00 bits per heavy atom. The van der Waals surface area contributed by atoms with Crippen molar-refractivity contribution in [1.29, 1.82) is 0 Å². The van der Waals surface area contributed by atoms with Gasteiger partial charge in [-0.3, -0.25) is 4.79 Å². The Kier molecular flexibility index (Phi) is 6.83. The van der Waals surface area contributed by atoms with Gasteiger partial charge in [-0.05, 0) is 50.3 Å². The SMILES string of the molecule is CNC(C)c1ccc(SCCCCC(N)=O)cc1. The van der Waals surface area contributed by atoms with Crippen LogP contribution in [0, 0.1) is 0 Å². The van der Waals surface area contributed by atoms with Gasteiger partial charge >= 0.3 is 0 Å². The van der Waals surface area contributed by atoms with Crippen molar-refractivity contribution in [3.05, 3.63) is 29.8 Å². The molecule has 0 radical (unpaired) electrons. The third-order valence-corrected chi connectivity index (χ3v) is 4.00. The van der Waals surface area contributed by atoms with Gasteiger partial charge in [0, 0.05) is 17.4 Å². The second-order valence-corrected chi connectivity index (χ2v) is 5.52. The second kappa shape index (κ2) is 8.16. The highest BCUT2D eigenvalue weighted by atomic mass is 32.2. The van der Waals surface area contributed by atoms with Crippen LogP contribution in [-0.2, 0) is 4.79 Å². The van der Waals surface area contributed by atoms with Crippen LogP contribution < -0.4 is 11.1 Å².